The Kier molecular flexibility index (Phi) is 5.36. The predicted molar refractivity (Wildman–Crippen MR) is 89.7 cm³/mol. The van der Waals surface area contributed by atoms with E-state index in [0.29, 0.717) is 12.1 Å². The molecule has 0 spiro atoms. The van der Waals surface area contributed by atoms with E-state index in [1.807, 2.05) is 24.1 Å². The minimum absolute atomic E-state index is 0.117. The Morgan fingerprint density at radius 2 is 2.00 bits per heavy atom. The zero-order chi connectivity index (χ0) is 17.0. The Morgan fingerprint density at radius 3 is 2.52 bits per heavy atom. The summed E-state index contributed by atoms with van der Waals surface area (Å²) in [5.41, 5.74) is 2.68. The average Bonchev–Trinajstić information content (AvgIpc) is 2.99. The predicted octanol–water partition coefficient (Wildman–Crippen LogP) is 2.15. The fraction of sp³-hybridized carbons (Fsp3) is 0.471. The van der Waals surface area contributed by atoms with E-state index in [2.05, 4.69) is 9.84 Å². The van der Waals surface area contributed by atoms with E-state index in [0.717, 1.165) is 24.4 Å². The van der Waals surface area contributed by atoms with E-state index in [-0.39, 0.29) is 17.8 Å². The second-order valence-corrected chi connectivity index (χ2v) is 5.87. The number of carbonyl (C=O) groups excluding carboxylic acids is 2. The lowest BCUT2D eigenvalue weighted by Gasteiger charge is -2.21. The van der Waals surface area contributed by atoms with Crippen molar-refractivity contribution in [3.8, 4) is 0 Å². The van der Waals surface area contributed by atoms with E-state index < -0.39 is 0 Å². The SMILES string of the molecule is COC(=O)[C@H](C)CN(C)C(=O)c1ccc(N2CCC(C)=N2)cc1. The molecule has 0 unspecified atom stereocenters. The number of methoxy groups -OCH3 is 1. The normalized spacial score (nSPS) is 15.1. The number of benzene rings is 1. The molecule has 6 nitrogen and oxygen atoms in total. The molecule has 124 valence electrons. The number of nitrogens with zero attached hydrogens (tertiary/aromatic N) is 3. The van der Waals surface area contributed by atoms with Crippen LogP contribution in [0.5, 0.6) is 0 Å². The standard InChI is InChI=1S/C17H23N3O3/c1-12(17(22)23-4)11-19(3)16(21)14-5-7-15(8-6-14)20-10-9-13(2)18-20/h5-8,12H,9-11H2,1-4H3/t12-/m1/s1. The first-order valence-corrected chi connectivity index (χ1v) is 7.67. The number of anilines is 1. The molecule has 1 aromatic carbocycles. The molecule has 6 heteroatoms. The first-order chi connectivity index (χ1) is 10.9. The molecule has 1 aliphatic rings. The lowest BCUT2D eigenvalue weighted by Crippen LogP contribution is -2.34. The Hall–Kier alpha value is -2.37. The molecule has 1 heterocycles. The summed E-state index contributed by atoms with van der Waals surface area (Å²) < 4.78 is 4.68. The van der Waals surface area contributed by atoms with E-state index in [9.17, 15) is 9.59 Å². The van der Waals surface area contributed by atoms with Gasteiger partial charge in [-0.2, -0.15) is 5.10 Å². The average molecular weight is 317 g/mol. The fourth-order valence-electron chi connectivity index (χ4n) is 2.53. The molecule has 0 fully saturated rings. The third kappa shape index (κ3) is 4.09. The van der Waals surface area contributed by atoms with Crippen LogP contribution in [0, 0.1) is 5.92 Å². The summed E-state index contributed by atoms with van der Waals surface area (Å²) in [4.78, 5) is 25.4. The molecular formula is C17H23N3O3. The van der Waals surface area contributed by atoms with E-state index in [4.69, 9.17) is 0 Å². The molecule has 0 saturated carbocycles. The minimum Gasteiger partial charge on any atom is -0.469 e. The van der Waals surface area contributed by atoms with Gasteiger partial charge in [-0.05, 0) is 31.2 Å². The lowest BCUT2D eigenvalue weighted by atomic mass is 10.1. The van der Waals surface area contributed by atoms with Crippen LogP contribution in [0.3, 0.4) is 0 Å². The van der Waals surface area contributed by atoms with Crippen LogP contribution in [0.25, 0.3) is 0 Å². The van der Waals surface area contributed by atoms with Gasteiger partial charge < -0.3 is 9.64 Å². The Balaban J connectivity index is 2.01. The highest BCUT2D eigenvalue weighted by Crippen LogP contribution is 2.20. The molecule has 23 heavy (non-hydrogen) atoms. The minimum atomic E-state index is -0.352. The van der Waals surface area contributed by atoms with Crippen LogP contribution in [0.15, 0.2) is 29.4 Å². The molecule has 0 N–H and O–H groups in total. The number of rotatable bonds is 5. The van der Waals surface area contributed by atoms with Crippen molar-refractivity contribution in [1.29, 1.82) is 0 Å². The second-order valence-electron chi connectivity index (χ2n) is 5.87. The Labute approximate surface area is 136 Å². The number of hydrogen-bond acceptors (Lipinski definition) is 5. The molecule has 0 bridgehead atoms. The van der Waals surface area contributed by atoms with Crippen molar-refractivity contribution in [1.82, 2.24) is 4.90 Å². The molecule has 2 rings (SSSR count). The number of carbonyl (C=O) groups is 2. The van der Waals surface area contributed by atoms with E-state index in [1.54, 1.807) is 26.1 Å². The van der Waals surface area contributed by atoms with Gasteiger partial charge >= 0.3 is 5.97 Å². The number of hydrazone groups is 1. The largest absolute Gasteiger partial charge is 0.469 e. The highest BCUT2D eigenvalue weighted by atomic mass is 16.5. The summed E-state index contributed by atoms with van der Waals surface area (Å²) in [5, 5.41) is 6.38. The van der Waals surface area contributed by atoms with Gasteiger partial charge in [-0.25, -0.2) is 0 Å². The van der Waals surface area contributed by atoms with Crippen molar-refractivity contribution < 1.29 is 14.3 Å². The molecule has 1 atom stereocenters. The smallest absolute Gasteiger partial charge is 0.310 e. The van der Waals surface area contributed by atoms with Gasteiger partial charge in [0.05, 0.1) is 18.7 Å². The summed E-state index contributed by atoms with van der Waals surface area (Å²) >= 11 is 0. The highest BCUT2D eigenvalue weighted by Gasteiger charge is 2.20. The number of ether oxygens (including phenoxy) is 1. The van der Waals surface area contributed by atoms with Crippen LogP contribution >= 0.6 is 0 Å². The Bertz CT molecular complexity index is 610. The van der Waals surface area contributed by atoms with Crippen molar-refractivity contribution in [2.24, 2.45) is 11.0 Å². The molecule has 0 aromatic heterocycles. The summed E-state index contributed by atoms with van der Waals surface area (Å²) in [5.74, 6) is -0.786. The molecule has 0 saturated heterocycles. The van der Waals surface area contributed by atoms with Gasteiger partial charge in [0.15, 0.2) is 0 Å². The van der Waals surface area contributed by atoms with Crippen molar-refractivity contribution in [3.63, 3.8) is 0 Å². The van der Waals surface area contributed by atoms with Crippen molar-refractivity contribution >= 4 is 23.3 Å². The number of hydrogen-bond donors (Lipinski definition) is 0. The van der Waals surface area contributed by atoms with Crippen LogP contribution in [0.4, 0.5) is 5.69 Å². The number of amides is 1. The van der Waals surface area contributed by atoms with Gasteiger partial charge in [0.1, 0.15) is 0 Å². The van der Waals surface area contributed by atoms with Gasteiger partial charge in [-0.1, -0.05) is 6.92 Å². The quantitative estimate of drug-likeness (QED) is 0.781. The number of esters is 1. The summed E-state index contributed by atoms with van der Waals surface area (Å²) in [6.07, 6.45) is 0.967. The van der Waals surface area contributed by atoms with Crippen LogP contribution in [-0.2, 0) is 9.53 Å². The first kappa shape index (κ1) is 17.0. The van der Waals surface area contributed by atoms with Gasteiger partial charge in [-0.15, -0.1) is 0 Å². The van der Waals surface area contributed by atoms with Crippen molar-refractivity contribution in [2.45, 2.75) is 20.3 Å². The molecule has 1 amide bonds. The maximum atomic E-state index is 12.4. The van der Waals surface area contributed by atoms with E-state index >= 15 is 0 Å². The first-order valence-electron chi connectivity index (χ1n) is 7.67. The van der Waals surface area contributed by atoms with Gasteiger partial charge in [0.25, 0.3) is 5.91 Å². The van der Waals surface area contributed by atoms with Crippen LogP contribution in [-0.4, -0.2) is 49.7 Å². The fourth-order valence-corrected chi connectivity index (χ4v) is 2.53. The maximum absolute atomic E-state index is 12.4. The second kappa shape index (κ2) is 7.26. The van der Waals surface area contributed by atoms with Crippen molar-refractivity contribution in [2.75, 3.05) is 32.3 Å². The third-order valence-electron chi connectivity index (χ3n) is 3.89. The van der Waals surface area contributed by atoms with Gasteiger partial charge in [0, 0.05) is 37.8 Å². The highest BCUT2D eigenvalue weighted by molar-refractivity contribution is 5.94. The summed E-state index contributed by atoms with van der Waals surface area (Å²) in [7, 11) is 3.03. The zero-order valence-electron chi connectivity index (χ0n) is 14.1. The monoisotopic (exact) mass is 317 g/mol. The summed E-state index contributed by atoms with van der Waals surface area (Å²) in [6.45, 7) is 4.94. The molecule has 0 aliphatic carbocycles. The zero-order valence-corrected chi connectivity index (χ0v) is 14.1. The van der Waals surface area contributed by atoms with Crippen LogP contribution in [0.1, 0.15) is 30.6 Å². The molecular weight excluding hydrogens is 294 g/mol. The Morgan fingerprint density at radius 1 is 1.35 bits per heavy atom. The molecule has 1 aliphatic heterocycles. The lowest BCUT2D eigenvalue weighted by molar-refractivity contribution is -0.145. The van der Waals surface area contributed by atoms with Gasteiger partial charge in [0.2, 0.25) is 0 Å². The van der Waals surface area contributed by atoms with Crippen LogP contribution < -0.4 is 5.01 Å². The van der Waals surface area contributed by atoms with E-state index in [1.165, 1.54) is 12.0 Å². The maximum Gasteiger partial charge on any atom is 0.310 e. The van der Waals surface area contributed by atoms with Crippen molar-refractivity contribution in [3.05, 3.63) is 29.8 Å². The molecule has 0 radical (unpaired) electrons. The topological polar surface area (TPSA) is 62.2 Å². The summed E-state index contributed by atoms with van der Waals surface area (Å²) in [6, 6.07) is 7.38. The third-order valence-corrected chi connectivity index (χ3v) is 3.89. The van der Waals surface area contributed by atoms with Gasteiger partial charge in [-0.3, -0.25) is 14.6 Å². The van der Waals surface area contributed by atoms with Crippen LogP contribution in [0.2, 0.25) is 0 Å². The molecule has 1 aromatic rings.